The second-order valence-electron chi connectivity index (χ2n) is 6.28. The normalized spacial score (nSPS) is 16.4. The summed E-state index contributed by atoms with van der Waals surface area (Å²) in [4.78, 5) is 28.4. The Morgan fingerprint density at radius 3 is 2.63 bits per heavy atom. The van der Waals surface area contributed by atoms with Crippen molar-refractivity contribution >= 4 is 23.9 Å². The monoisotopic (exact) mass is 363 g/mol. The lowest BCUT2D eigenvalue weighted by Crippen LogP contribution is -2.52. The number of amides is 2. The lowest BCUT2D eigenvalue weighted by atomic mass is 10.1. The molecule has 0 saturated carbocycles. The van der Waals surface area contributed by atoms with Crippen molar-refractivity contribution in [2.24, 2.45) is 10.1 Å². The van der Waals surface area contributed by atoms with Crippen LogP contribution in [0.4, 0.5) is 0 Å². The second-order valence-corrected chi connectivity index (χ2v) is 6.28. The summed E-state index contributed by atoms with van der Waals surface area (Å²) < 4.78 is 0. The number of benzene rings is 2. The molecule has 0 spiro atoms. The van der Waals surface area contributed by atoms with Gasteiger partial charge in [-0.2, -0.15) is 5.10 Å². The van der Waals surface area contributed by atoms with Gasteiger partial charge in [0.2, 0.25) is 5.91 Å². The number of nitrogens with one attached hydrogen (secondary N) is 3. The summed E-state index contributed by atoms with van der Waals surface area (Å²) >= 11 is 0. The number of rotatable bonds is 6. The van der Waals surface area contributed by atoms with Crippen molar-refractivity contribution in [2.75, 3.05) is 0 Å². The number of amidine groups is 1. The molecule has 1 aliphatic rings. The molecule has 0 bridgehead atoms. The fourth-order valence-corrected chi connectivity index (χ4v) is 2.57. The SMILES string of the molecule is Cc1ccc(C=NNC(=O)C[C@H]2N=C(Cc3ccccc3)NNC2=O)cc1. The van der Waals surface area contributed by atoms with Crippen molar-refractivity contribution in [1.29, 1.82) is 0 Å². The molecule has 7 nitrogen and oxygen atoms in total. The highest BCUT2D eigenvalue weighted by atomic mass is 16.2. The van der Waals surface area contributed by atoms with E-state index in [9.17, 15) is 9.59 Å². The molecule has 2 aromatic rings. The maximum absolute atomic E-state index is 12.1. The number of hydrazone groups is 1. The molecule has 0 aliphatic carbocycles. The third-order valence-electron chi connectivity index (χ3n) is 4.02. The van der Waals surface area contributed by atoms with Gasteiger partial charge in [-0.05, 0) is 18.1 Å². The molecule has 0 aromatic heterocycles. The Morgan fingerprint density at radius 2 is 1.89 bits per heavy atom. The van der Waals surface area contributed by atoms with Crippen molar-refractivity contribution in [2.45, 2.75) is 25.8 Å². The van der Waals surface area contributed by atoms with Gasteiger partial charge in [-0.15, -0.1) is 0 Å². The molecule has 2 aromatic carbocycles. The molecule has 0 saturated heterocycles. The van der Waals surface area contributed by atoms with Crippen molar-refractivity contribution in [3.8, 4) is 0 Å². The van der Waals surface area contributed by atoms with Crippen LogP contribution in [-0.2, 0) is 16.0 Å². The van der Waals surface area contributed by atoms with Crippen LogP contribution in [0.15, 0.2) is 64.7 Å². The van der Waals surface area contributed by atoms with Crippen LogP contribution in [-0.4, -0.2) is 29.9 Å². The van der Waals surface area contributed by atoms with Crippen LogP contribution >= 0.6 is 0 Å². The van der Waals surface area contributed by atoms with E-state index in [1.165, 1.54) is 0 Å². The first-order valence-electron chi connectivity index (χ1n) is 8.65. The lowest BCUT2D eigenvalue weighted by Gasteiger charge is -2.21. The summed E-state index contributed by atoms with van der Waals surface area (Å²) in [5.41, 5.74) is 10.9. The topological polar surface area (TPSA) is 94.9 Å². The van der Waals surface area contributed by atoms with Crippen LogP contribution in [0.1, 0.15) is 23.1 Å². The maximum atomic E-state index is 12.1. The van der Waals surface area contributed by atoms with Crippen molar-refractivity contribution < 1.29 is 9.59 Å². The van der Waals surface area contributed by atoms with E-state index >= 15 is 0 Å². The molecule has 7 heteroatoms. The van der Waals surface area contributed by atoms with E-state index in [0.29, 0.717) is 12.3 Å². The fraction of sp³-hybridized carbons (Fsp3) is 0.200. The Morgan fingerprint density at radius 1 is 1.15 bits per heavy atom. The average Bonchev–Trinajstić information content (AvgIpc) is 2.67. The Balaban J connectivity index is 1.56. The molecule has 0 radical (unpaired) electrons. The molecule has 3 rings (SSSR count). The van der Waals surface area contributed by atoms with Gasteiger partial charge in [0.1, 0.15) is 11.9 Å². The molecule has 1 heterocycles. The number of carbonyl (C=O) groups is 2. The summed E-state index contributed by atoms with van der Waals surface area (Å²) in [6.07, 6.45) is 2.03. The number of hydrogen-bond donors (Lipinski definition) is 3. The zero-order chi connectivity index (χ0) is 19.1. The van der Waals surface area contributed by atoms with Gasteiger partial charge < -0.3 is 0 Å². The van der Waals surface area contributed by atoms with Gasteiger partial charge in [-0.1, -0.05) is 60.2 Å². The summed E-state index contributed by atoms with van der Waals surface area (Å²) in [6, 6.07) is 16.7. The van der Waals surface area contributed by atoms with Crippen LogP contribution in [0.25, 0.3) is 0 Å². The van der Waals surface area contributed by atoms with Gasteiger partial charge in [0.15, 0.2) is 0 Å². The van der Waals surface area contributed by atoms with E-state index in [0.717, 1.165) is 16.7 Å². The van der Waals surface area contributed by atoms with Crippen LogP contribution < -0.4 is 16.3 Å². The van der Waals surface area contributed by atoms with Gasteiger partial charge in [0.05, 0.1) is 12.6 Å². The summed E-state index contributed by atoms with van der Waals surface area (Å²) in [5, 5.41) is 3.93. The Kier molecular flexibility index (Phi) is 5.94. The van der Waals surface area contributed by atoms with Gasteiger partial charge in [0.25, 0.3) is 5.91 Å². The van der Waals surface area contributed by atoms with Crippen LogP contribution in [0, 0.1) is 6.92 Å². The predicted octanol–water partition coefficient (Wildman–Crippen LogP) is 1.48. The van der Waals surface area contributed by atoms with Gasteiger partial charge in [-0.3, -0.25) is 25.4 Å². The first kappa shape index (κ1) is 18.3. The van der Waals surface area contributed by atoms with Crippen molar-refractivity contribution in [3.63, 3.8) is 0 Å². The predicted molar refractivity (Wildman–Crippen MR) is 104 cm³/mol. The van der Waals surface area contributed by atoms with Gasteiger partial charge in [-0.25, -0.2) is 5.43 Å². The fourth-order valence-electron chi connectivity index (χ4n) is 2.57. The minimum absolute atomic E-state index is 0.0724. The highest BCUT2D eigenvalue weighted by molar-refractivity contribution is 5.96. The van der Waals surface area contributed by atoms with E-state index in [4.69, 9.17) is 0 Å². The zero-order valence-corrected chi connectivity index (χ0v) is 15.0. The van der Waals surface area contributed by atoms with E-state index in [1.807, 2.05) is 61.5 Å². The Hall–Kier alpha value is -3.48. The van der Waals surface area contributed by atoms with Crippen LogP contribution in [0.2, 0.25) is 0 Å². The van der Waals surface area contributed by atoms with Gasteiger partial charge in [0, 0.05) is 6.42 Å². The van der Waals surface area contributed by atoms with E-state index < -0.39 is 6.04 Å². The minimum atomic E-state index is -0.778. The average molecular weight is 363 g/mol. The molecular weight excluding hydrogens is 342 g/mol. The number of carbonyl (C=O) groups excluding carboxylic acids is 2. The third-order valence-corrected chi connectivity index (χ3v) is 4.02. The number of aliphatic imine (C=N–C) groups is 1. The van der Waals surface area contributed by atoms with E-state index in [2.05, 4.69) is 26.4 Å². The molecule has 0 unspecified atom stereocenters. The molecular formula is C20H21N5O2. The maximum Gasteiger partial charge on any atom is 0.263 e. The largest absolute Gasteiger partial charge is 0.285 e. The Labute approximate surface area is 157 Å². The van der Waals surface area contributed by atoms with Crippen molar-refractivity contribution in [1.82, 2.24) is 16.3 Å². The molecule has 2 amide bonds. The van der Waals surface area contributed by atoms with Crippen LogP contribution in [0.5, 0.6) is 0 Å². The van der Waals surface area contributed by atoms with Crippen LogP contribution in [0.3, 0.4) is 0 Å². The third kappa shape index (κ3) is 5.50. The lowest BCUT2D eigenvalue weighted by molar-refractivity contribution is -0.128. The smallest absolute Gasteiger partial charge is 0.263 e. The molecule has 138 valence electrons. The quantitative estimate of drug-likeness (QED) is 0.536. The number of aryl methyl sites for hydroxylation is 1. The molecule has 1 aliphatic heterocycles. The summed E-state index contributed by atoms with van der Waals surface area (Å²) in [5.74, 6) is -0.102. The van der Waals surface area contributed by atoms with Gasteiger partial charge >= 0.3 is 0 Å². The highest BCUT2D eigenvalue weighted by Gasteiger charge is 2.25. The first-order chi connectivity index (χ1) is 13.1. The number of hydrogen-bond acceptors (Lipinski definition) is 5. The van der Waals surface area contributed by atoms with E-state index in [-0.39, 0.29) is 18.2 Å². The molecule has 3 N–H and O–H groups in total. The zero-order valence-electron chi connectivity index (χ0n) is 15.0. The van der Waals surface area contributed by atoms with Crippen molar-refractivity contribution in [3.05, 3.63) is 71.3 Å². The highest BCUT2D eigenvalue weighted by Crippen LogP contribution is 2.07. The Bertz CT molecular complexity index is 860. The number of nitrogens with zero attached hydrogens (tertiary/aromatic N) is 2. The summed E-state index contributed by atoms with van der Waals surface area (Å²) in [7, 11) is 0. The molecule has 1 atom stereocenters. The second kappa shape index (κ2) is 8.75. The minimum Gasteiger partial charge on any atom is -0.285 e. The van der Waals surface area contributed by atoms with E-state index in [1.54, 1.807) is 6.21 Å². The molecule has 0 fully saturated rings. The first-order valence-corrected chi connectivity index (χ1v) is 8.65. The molecule has 27 heavy (non-hydrogen) atoms. The summed E-state index contributed by atoms with van der Waals surface area (Å²) in [6.45, 7) is 2.00. The standard InChI is InChI=1S/C20H21N5O2/c1-14-7-9-16(10-8-14)13-21-24-19(26)12-17-20(27)25-23-18(22-17)11-15-5-3-2-4-6-15/h2-10,13,17H,11-12H2,1H3,(H,22,23)(H,24,26)(H,25,27)/t17-/m1/s1. The number of hydrazine groups is 1.